The lowest BCUT2D eigenvalue weighted by molar-refractivity contribution is -0.289. The van der Waals surface area contributed by atoms with Crippen molar-refractivity contribution in [1.29, 1.82) is 0 Å². The third-order valence-corrected chi connectivity index (χ3v) is 24.0. The van der Waals surface area contributed by atoms with Crippen LogP contribution in [0.3, 0.4) is 0 Å². The number of hydrogen-bond acceptors (Lipinski definition) is 12. The van der Waals surface area contributed by atoms with E-state index in [-0.39, 0.29) is 76.2 Å². The Morgan fingerprint density at radius 2 is 1.44 bits per heavy atom. The van der Waals surface area contributed by atoms with E-state index in [9.17, 15) is 25.2 Å². The molecule has 0 aromatic carbocycles. The van der Waals surface area contributed by atoms with Gasteiger partial charge in [0.25, 0.3) is 0 Å². The first-order valence-electron chi connectivity index (χ1n) is 27.1. The zero-order chi connectivity index (χ0) is 47.9. The van der Waals surface area contributed by atoms with Gasteiger partial charge in [-0.25, -0.2) is 0 Å². The van der Waals surface area contributed by atoms with Crippen molar-refractivity contribution in [3.8, 4) is 0 Å². The molecule has 5 saturated carbocycles. The topological polar surface area (TPSA) is 170 Å². The highest BCUT2D eigenvalue weighted by molar-refractivity contribution is 5.66. The van der Waals surface area contributed by atoms with Crippen LogP contribution < -0.4 is 0 Å². The summed E-state index contributed by atoms with van der Waals surface area (Å²) in [6, 6.07) is 0. The fourth-order valence-corrected chi connectivity index (χ4v) is 20.2. The Hall–Kier alpha value is -2.03. The summed E-state index contributed by atoms with van der Waals surface area (Å²) in [5.74, 6) is -0.0796. The molecule has 1 aromatic heterocycles. The zero-order valence-electron chi connectivity index (χ0n) is 42.5. The molecule has 23 atom stereocenters. The fraction of sp³-hybridized carbons (Fsp3) is 0.875. The van der Waals surface area contributed by atoms with Gasteiger partial charge in [0.1, 0.15) is 17.8 Å². The van der Waals surface area contributed by atoms with E-state index in [0.29, 0.717) is 49.4 Å². The van der Waals surface area contributed by atoms with Gasteiger partial charge >= 0.3 is 5.97 Å². The number of aromatic nitrogens is 2. The zero-order valence-corrected chi connectivity index (χ0v) is 42.5. The molecule has 1 aromatic rings. The second-order valence-corrected chi connectivity index (χ2v) is 27.4. The quantitative estimate of drug-likeness (QED) is 0.169. The Morgan fingerprint density at radius 3 is 2.09 bits per heavy atom. The van der Waals surface area contributed by atoms with Crippen molar-refractivity contribution in [2.24, 2.45) is 80.8 Å². The van der Waals surface area contributed by atoms with Crippen LogP contribution in [0, 0.1) is 80.8 Å². The molecule has 68 heavy (non-hydrogen) atoms. The highest BCUT2D eigenvalue weighted by atomic mass is 16.7. The van der Waals surface area contributed by atoms with E-state index in [1.165, 1.54) is 6.42 Å². The highest BCUT2D eigenvalue weighted by Gasteiger charge is 2.78. The minimum Gasteiger partial charge on any atom is -0.462 e. The molecule has 0 unspecified atom stereocenters. The monoisotopic (exact) mass is 941 g/mol. The molecule has 5 heterocycles. The molecule has 0 amide bonds. The van der Waals surface area contributed by atoms with Gasteiger partial charge in [-0.1, -0.05) is 53.2 Å². The van der Waals surface area contributed by atoms with Gasteiger partial charge in [0.2, 0.25) is 0 Å². The first-order chi connectivity index (χ1) is 31.8. The lowest BCUT2D eigenvalue weighted by Gasteiger charge is -2.63. The number of aliphatic hydroxyl groups excluding tert-OH is 2. The average molecular weight is 941 g/mol. The van der Waals surface area contributed by atoms with Gasteiger partial charge < -0.3 is 44.1 Å². The molecular weight excluding hydrogens is 861 g/mol. The summed E-state index contributed by atoms with van der Waals surface area (Å²) in [5.41, 5.74) is 1.31. The molecule has 0 radical (unpaired) electrons. The van der Waals surface area contributed by atoms with Crippen molar-refractivity contribution >= 4 is 5.97 Å². The van der Waals surface area contributed by atoms with Crippen molar-refractivity contribution < 1.29 is 48.9 Å². The first-order valence-corrected chi connectivity index (χ1v) is 27.1. The first kappa shape index (κ1) is 45.8. The smallest absolute Gasteiger partial charge is 0.302 e. The van der Waals surface area contributed by atoms with Crippen LogP contribution in [0.15, 0.2) is 11.6 Å². The molecule has 9 fully saturated rings. The third-order valence-electron chi connectivity index (χ3n) is 24.0. The van der Waals surface area contributed by atoms with Gasteiger partial charge in [-0.2, -0.15) is 0 Å². The molecule has 12 nitrogen and oxygen atoms in total. The highest BCUT2D eigenvalue weighted by Crippen LogP contribution is 2.74. The van der Waals surface area contributed by atoms with Crippen LogP contribution in [0.5, 0.6) is 0 Å². The van der Waals surface area contributed by atoms with Crippen molar-refractivity contribution in [2.45, 2.75) is 218 Å². The number of esters is 1. The Labute approximate surface area is 403 Å². The van der Waals surface area contributed by atoms with Crippen LogP contribution in [0.4, 0.5) is 0 Å². The predicted molar refractivity (Wildman–Crippen MR) is 249 cm³/mol. The Morgan fingerprint density at radius 1 is 0.765 bits per heavy atom. The minimum atomic E-state index is -1.43. The number of carbonyl (C=O) groups excluding carboxylic acids is 1. The maximum absolute atomic E-state index is 13.1. The van der Waals surface area contributed by atoms with E-state index >= 15 is 0 Å². The molecule has 0 bridgehead atoms. The molecular formula is C56H80N2O10. The van der Waals surface area contributed by atoms with Crippen LogP contribution in [-0.2, 0) is 54.2 Å². The molecule has 4 N–H and O–H groups in total. The van der Waals surface area contributed by atoms with Gasteiger partial charge in [-0.15, -0.1) is 0 Å². The van der Waals surface area contributed by atoms with Crippen LogP contribution in [0.25, 0.3) is 0 Å². The number of carbonyl (C=O) groups is 1. The molecule has 12 aliphatic rings. The molecule has 2 spiro atoms. The van der Waals surface area contributed by atoms with Crippen LogP contribution in [-0.4, -0.2) is 102 Å². The standard InChI is InChI=1S/C56H80N2O10/c1-27-47-42(66-54(27)15-13-48(4,5)68-54)20-34-32-12-11-30-17-37-39(24-50(30,7)33(32)22-44(52(34,47)9)65-29(3)59)58-38-18-31-19-41(60)46-35(51(31,8)25-40(38)57-37)21-43(61)53(10)36(46)23-45-56(53,63)28(2)55(67-45)16-14-49(6,62)26-64-55/h23,27-28,30-35,41-47,60-63H,11-22,24-26H2,1-10H3/t27-,28+,30-,31+,32+,33-,34+,35-,41-,42-,43+,44+,45-,46+,47-,49-,50-,51-,52+,53+,54+,55+,56+/m0/s1. The number of hydrogen-bond donors (Lipinski definition) is 4. The number of fused-ring (bicyclic) bond motifs is 16. The molecule has 374 valence electrons. The molecule has 4 aliphatic heterocycles. The lowest BCUT2D eigenvalue weighted by Crippen LogP contribution is -2.66. The summed E-state index contributed by atoms with van der Waals surface area (Å²) in [5, 5.41) is 48.5. The van der Waals surface area contributed by atoms with Crippen LogP contribution in [0.1, 0.15) is 156 Å². The predicted octanol–water partition coefficient (Wildman–Crippen LogP) is 6.97. The Kier molecular flexibility index (Phi) is 9.41. The minimum absolute atomic E-state index is 0.00831. The number of rotatable bonds is 1. The number of aliphatic hydroxyl groups is 4. The second-order valence-electron chi connectivity index (χ2n) is 27.4. The van der Waals surface area contributed by atoms with Crippen LogP contribution in [0.2, 0.25) is 0 Å². The van der Waals surface area contributed by atoms with Crippen molar-refractivity contribution in [1.82, 2.24) is 9.97 Å². The van der Waals surface area contributed by atoms with Crippen molar-refractivity contribution in [3.63, 3.8) is 0 Å². The number of ether oxygens (including phenoxy) is 5. The third kappa shape index (κ3) is 5.59. The fourth-order valence-electron chi connectivity index (χ4n) is 20.2. The van der Waals surface area contributed by atoms with E-state index in [2.05, 4.69) is 41.5 Å². The largest absolute Gasteiger partial charge is 0.462 e. The summed E-state index contributed by atoms with van der Waals surface area (Å²) in [7, 11) is 0. The van der Waals surface area contributed by atoms with E-state index in [1.54, 1.807) is 13.8 Å². The maximum Gasteiger partial charge on any atom is 0.302 e. The second kappa shape index (κ2) is 14.0. The van der Waals surface area contributed by atoms with E-state index in [4.69, 9.17) is 33.7 Å². The summed E-state index contributed by atoms with van der Waals surface area (Å²) in [6.45, 7) is 21.5. The molecule has 13 rings (SSSR count). The Balaban J connectivity index is 0.779. The normalized spacial score (nSPS) is 57.6. The van der Waals surface area contributed by atoms with E-state index in [1.807, 2.05) is 19.9 Å². The van der Waals surface area contributed by atoms with Crippen molar-refractivity contribution in [3.05, 3.63) is 34.4 Å². The lowest BCUT2D eigenvalue weighted by atomic mass is 9.43. The van der Waals surface area contributed by atoms with Crippen LogP contribution >= 0.6 is 0 Å². The SMILES string of the molecule is CC(=O)O[C@@H]1C[C@H]2[C@@H](CC[C@H]3Cc4nc5c(nc4C[C@@]32C)C[C@@H]2C[C@H](O)[C@H]3C4=C[C@@H]6O[C@]7(CC[C@](C)(O)CO7)[C@@H](C)[C@]6(O)[C@@]4(C)[C@H](O)C[C@@H]3[C@@]2(C)C5)[C@H]2C[C@@H]3O[C@@]4(CCC(C)(C)O4)[C@@H](C)[C@@H]3[C@]21C. The summed E-state index contributed by atoms with van der Waals surface area (Å²) >= 11 is 0. The van der Waals surface area contributed by atoms with E-state index < -0.39 is 52.4 Å². The summed E-state index contributed by atoms with van der Waals surface area (Å²) < 4.78 is 33.5. The molecule has 12 heteroatoms. The van der Waals surface area contributed by atoms with Gasteiger partial charge in [0, 0.05) is 54.3 Å². The van der Waals surface area contributed by atoms with E-state index in [0.717, 1.165) is 86.1 Å². The Bertz CT molecular complexity index is 2360. The van der Waals surface area contributed by atoms with Gasteiger partial charge in [-0.3, -0.25) is 14.8 Å². The van der Waals surface area contributed by atoms with Gasteiger partial charge in [0.05, 0.1) is 58.9 Å². The van der Waals surface area contributed by atoms with Gasteiger partial charge in [0.15, 0.2) is 11.6 Å². The molecule has 4 saturated heterocycles. The number of nitrogens with zero attached hydrogens (tertiary/aromatic N) is 2. The summed E-state index contributed by atoms with van der Waals surface area (Å²) in [4.78, 5) is 24.3. The van der Waals surface area contributed by atoms with Gasteiger partial charge in [-0.05, 0) is 144 Å². The maximum atomic E-state index is 13.1. The molecule has 8 aliphatic carbocycles. The average Bonchev–Trinajstić information content (AvgIpc) is 3.96. The van der Waals surface area contributed by atoms with Crippen molar-refractivity contribution in [2.75, 3.05) is 6.61 Å². The summed E-state index contributed by atoms with van der Waals surface area (Å²) in [6.07, 6.45) is 11.2.